The normalized spacial score (nSPS) is 11.4. The second-order valence-corrected chi connectivity index (χ2v) is 7.72. The zero-order valence-corrected chi connectivity index (χ0v) is 16.3. The van der Waals surface area contributed by atoms with Gasteiger partial charge in [0.15, 0.2) is 11.6 Å². The van der Waals surface area contributed by atoms with Crippen molar-refractivity contribution in [1.82, 2.24) is 19.9 Å². The van der Waals surface area contributed by atoms with Gasteiger partial charge in [0.25, 0.3) is 0 Å². The monoisotopic (exact) mass is 366 g/mol. The Balaban J connectivity index is 1.86. The summed E-state index contributed by atoms with van der Waals surface area (Å²) in [5.74, 6) is 2.15. The Bertz CT molecular complexity index is 1080. The van der Waals surface area contributed by atoms with Crippen molar-refractivity contribution in [2.75, 3.05) is 0 Å². The predicted molar refractivity (Wildman–Crippen MR) is 113 cm³/mol. The second kappa shape index (κ2) is 7.31. The van der Waals surface area contributed by atoms with E-state index in [1.54, 1.807) is 6.20 Å². The van der Waals surface area contributed by atoms with Crippen LogP contribution in [0.15, 0.2) is 79.0 Å². The van der Waals surface area contributed by atoms with Crippen LogP contribution < -0.4 is 0 Å². The fourth-order valence-electron chi connectivity index (χ4n) is 2.91. The molecule has 2 heterocycles. The summed E-state index contributed by atoms with van der Waals surface area (Å²) in [6, 6.07) is 24.1. The SMILES string of the molecule is CC(C)(C)c1nc(-c2ccccc2)nc(-c2cccc(-c3ccccn3)c2)n1. The van der Waals surface area contributed by atoms with Gasteiger partial charge in [-0.3, -0.25) is 4.98 Å². The van der Waals surface area contributed by atoms with Crippen LogP contribution in [0.2, 0.25) is 0 Å². The molecule has 0 atom stereocenters. The van der Waals surface area contributed by atoms with Crippen LogP contribution >= 0.6 is 0 Å². The fraction of sp³-hybridized carbons (Fsp3) is 0.167. The number of benzene rings is 2. The van der Waals surface area contributed by atoms with Crippen LogP contribution in [0.5, 0.6) is 0 Å². The Morgan fingerprint density at radius 3 is 1.93 bits per heavy atom. The molecule has 28 heavy (non-hydrogen) atoms. The van der Waals surface area contributed by atoms with E-state index in [9.17, 15) is 0 Å². The van der Waals surface area contributed by atoms with E-state index in [0.717, 1.165) is 28.2 Å². The zero-order chi connectivity index (χ0) is 19.6. The first-order valence-corrected chi connectivity index (χ1v) is 9.34. The summed E-state index contributed by atoms with van der Waals surface area (Å²) in [6.45, 7) is 6.35. The number of hydrogen-bond acceptors (Lipinski definition) is 4. The lowest BCUT2D eigenvalue weighted by atomic mass is 9.95. The van der Waals surface area contributed by atoms with Gasteiger partial charge >= 0.3 is 0 Å². The molecule has 0 aliphatic heterocycles. The van der Waals surface area contributed by atoms with Gasteiger partial charge in [0.05, 0.1) is 5.69 Å². The maximum Gasteiger partial charge on any atom is 0.163 e. The highest BCUT2D eigenvalue weighted by Gasteiger charge is 2.21. The highest BCUT2D eigenvalue weighted by atomic mass is 15.0. The Labute approximate surface area is 165 Å². The molecule has 0 fully saturated rings. The van der Waals surface area contributed by atoms with Crippen molar-refractivity contribution in [3.63, 3.8) is 0 Å². The Kier molecular flexibility index (Phi) is 4.70. The quantitative estimate of drug-likeness (QED) is 0.476. The summed E-state index contributed by atoms with van der Waals surface area (Å²) >= 11 is 0. The van der Waals surface area contributed by atoms with E-state index in [1.165, 1.54) is 0 Å². The molecule has 0 aliphatic rings. The maximum absolute atomic E-state index is 4.79. The lowest BCUT2D eigenvalue weighted by molar-refractivity contribution is 0.543. The molecule has 4 rings (SSSR count). The van der Waals surface area contributed by atoms with Gasteiger partial charge in [0, 0.05) is 28.3 Å². The third-order valence-corrected chi connectivity index (χ3v) is 4.42. The molecule has 4 heteroatoms. The lowest BCUT2D eigenvalue weighted by Crippen LogP contribution is -2.18. The number of hydrogen-bond donors (Lipinski definition) is 0. The average Bonchev–Trinajstić information content (AvgIpc) is 2.74. The van der Waals surface area contributed by atoms with Crippen LogP contribution in [0.25, 0.3) is 34.0 Å². The van der Waals surface area contributed by atoms with Gasteiger partial charge in [-0.2, -0.15) is 0 Å². The van der Waals surface area contributed by atoms with E-state index >= 15 is 0 Å². The van der Waals surface area contributed by atoms with Crippen LogP contribution in [0.1, 0.15) is 26.6 Å². The first kappa shape index (κ1) is 18.0. The molecular formula is C24H22N4. The van der Waals surface area contributed by atoms with Crippen molar-refractivity contribution in [3.8, 4) is 34.0 Å². The first-order valence-electron chi connectivity index (χ1n) is 9.34. The van der Waals surface area contributed by atoms with Gasteiger partial charge in [0.1, 0.15) is 5.82 Å². The third-order valence-electron chi connectivity index (χ3n) is 4.42. The molecule has 2 aromatic heterocycles. The van der Waals surface area contributed by atoms with Gasteiger partial charge < -0.3 is 0 Å². The van der Waals surface area contributed by atoms with Crippen LogP contribution in [0.4, 0.5) is 0 Å². The van der Waals surface area contributed by atoms with Crippen molar-refractivity contribution in [3.05, 3.63) is 84.8 Å². The van der Waals surface area contributed by atoms with Gasteiger partial charge in [-0.15, -0.1) is 0 Å². The molecule has 4 nitrogen and oxygen atoms in total. The van der Waals surface area contributed by atoms with Crippen molar-refractivity contribution < 1.29 is 0 Å². The van der Waals surface area contributed by atoms with E-state index in [1.807, 2.05) is 60.7 Å². The molecule has 0 bridgehead atoms. The van der Waals surface area contributed by atoms with Gasteiger partial charge in [-0.25, -0.2) is 15.0 Å². The summed E-state index contributed by atoms with van der Waals surface area (Å²) in [7, 11) is 0. The van der Waals surface area contributed by atoms with Crippen LogP contribution in [-0.2, 0) is 5.41 Å². The second-order valence-electron chi connectivity index (χ2n) is 7.72. The molecule has 0 unspecified atom stereocenters. The molecule has 0 N–H and O–H groups in total. The standard InChI is InChI=1S/C24H22N4/c1-24(2,3)23-27-21(17-10-5-4-6-11-17)26-22(28-23)19-13-9-12-18(16-19)20-14-7-8-15-25-20/h4-16H,1-3H3. The van der Waals surface area contributed by atoms with Gasteiger partial charge in [-0.05, 0) is 18.2 Å². The largest absolute Gasteiger partial charge is 0.256 e. The van der Waals surface area contributed by atoms with Crippen LogP contribution in [0.3, 0.4) is 0 Å². The van der Waals surface area contributed by atoms with E-state index in [0.29, 0.717) is 11.6 Å². The van der Waals surface area contributed by atoms with Crippen molar-refractivity contribution in [2.24, 2.45) is 0 Å². The lowest BCUT2D eigenvalue weighted by Gasteiger charge is -2.18. The molecular weight excluding hydrogens is 344 g/mol. The maximum atomic E-state index is 4.79. The molecule has 0 saturated heterocycles. The molecule has 0 amide bonds. The number of pyridine rings is 1. The predicted octanol–water partition coefficient (Wildman–Crippen LogP) is 5.57. The van der Waals surface area contributed by atoms with Crippen molar-refractivity contribution >= 4 is 0 Å². The summed E-state index contributed by atoms with van der Waals surface area (Å²) in [5.41, 5.74) is 3.72. The van der Waals surface area contributed by atoms with Crippen LogP contribution in [-0.4, -0.2) is 19.9 Å². The molecule has 2 aromatic carbocycles. The van der Waals surface area contributed by atoms with Crippen LogP contribution in [0, 0.1) is 0 Å². The van der Waals surface area contributed by atoms with E-state index < -0.39 is 0 Å². The molecule has 4 aromatic rings. The highest BCUT2D eigenvalue weighted by molar-refractivity contribution is 5.69. The molecule has 0 aliphatic carbocycles. The summed E-state index contributed by atoms with van der Waals surface area (Å²) in [5, 5.41) is 0. The molecule has 0 spiro atoms. The Morgan fingerprint density at radius 2 is 1.25 bits per heavy atom. The van der Waals surface area contributed by atoms with E-state index in [-0.39, 0.29) is 5.41 Å². The summed E-state index contributed by atoms with van der Waals surface area (Å²) in [4.78, 5) is 18.8. The minimum atomic E-state index is -0.181. The summed E-state index contributed by atoms with van der Waals surface area (Å²) in [6.07, 6.45) is 1.80. The third kappa shape index (κ3) is 3.81. The number of nitrogens with zero attached hydrogens (tertiary/aromatic N) is 4. The fourth-order valence-corrected chi connectivity index (χ4v) is 2.91. The molecule has 0 radical (unpaired) electrons. The minimum Gasteiger partial charge on any atom is -0.256 e. The topological polar surface area (TPSA) is 51.6 Å². The minimum absolute atomic E-state index is 0.181. The van der Waals surface area contributed by atoms with E-state index in [2.05, 4.69) is 37.9 Å². The molecule has 0 saturated carbocycles. The van der Waals surface area contributed by atoms with Gasteiger partial charge in [0.2, 0.25) is 0 Å². The highest BCUT2D eigenvalue weighted by Crippen LogP contribution is 2.27. The smallest absolute Gasteiger partial charge is 0.163 e. The zero-order valence-electron chi connectivity index (χ0n) is 16.3. The van der Waals surface area contributed by atoms with E-state index in [4.69, 9.17) is 15.0 Å². The Hall–Kier alpha value is -3.40. The first-order chi connectivity index (χ1) is 13.5. The van der Waals surface area contributed by atoms with Crippen molar-refractivity contribution in [2.45, 2.75) is 26.2 Å². The number of rotatable bonds is 3. The number of aromatic nitrogens is 4. The van der Waals surface area contributed by atoms with Gasteiger partial charge in [-0.1, -0.05) is 75.4 Å². The Morgan fingerprint density at radius 1 is 0.607 bits per heavy atom. The van der Waals surface area contributed by atoms with Crippen molar-refractivity contribution in [1.29, 1.82) is 0 Å². The average molecular weight is 366 g/mol. The summed E-state index contributed by atoms with van der Waals surface area (Å²) < 4.78 is 0. The molecule has 138 valence electrons.